The maximum absolute atomic E-state index is 11.7. The first-order valence-electron chi connectivity index (χ1n) is 6.24. The van der Waals surface area contributed by atoms with Crippen LogP contribution in [0.2, 0.25) is 0 Å². The molecule has 0 aliphatic heterocycles. The molecule has 0 saturated carbocycles. The molecule has 0 spiro atoms. The molecule has 6 nitrogen and oxygen atoms in total. The SMILES string of the molecule is CCOc1ccc(O[C@@H](C)C(=O)NNC(=S)NC)cc1. The van der Waals surface area contributed by atoms with Crippen LogP contribution >= 0.6 is 12.2 Å². The lowest BCUT2D eigenvalue weighted by atomic mass is 10.3. The van der Waals surface area contributed by atoms with Crippen LogP contribution < -0.4 is 25.6 Å². The van der Waals surface area contributed by atoms with E-state index >= 15 is 0 Å². The lowest BCUT2D eigenvalue weighted by molar-refractivity contribution is -0.127. The van der Waals surface area contributed by atoms with Crippen molar-refractivity contribution >= 4 is 23.2 Å². The molecule has 3 N–H and O–H groups in total. The lowest BCUT2D eigenvalue weighted by Gasteiger charge is -2.16. The van der Waals surface area contributed by atoms with Crippen LogP contribution in [0.3, 0.4) is 0 Å². The number of nitrogens with one attached hydrogen (secondary N) is 3. The van der Waals surface area contributed by atoms with Gasteiger partial charge in [0.25, 0.3) is 5.91 Å². The Kier molecular flexibility index (Phi) is 6.58. The zero-order valence-electron chi connectivity index (χ0n) is 11.7. The predicted octanol–water partition coefficient (Wildman–Crippen LogP) is 0.978. The number of amides is 1. The molecule has 0 heterocycles. The first-order valence-corrected chi connectivity index (χ1v) is 6.64. The molecule has 1 amide bonds. The highest BCUT2D eigenvalue weighted by molar-refractivity contribution is 7.80. The van der Waals surface area contributed by atoms with Crippen LogP contribution in [0.1, 0.15) is 13.8 Å². The fourth-order valence-corrected chi connectivity index (χ4v) is 1.37. The minimum Gasteiger partial charge on any atom is -0.494 e. The van der Waals surface area contributed by atoms with E-state index in [0.717, 1.165) is 5.75 Å². The van der Waals surface area contributed by atoms with Gasteiger partial charge in [-0.25, -0.2) is 0 Å². The third-order valence-electron chi connectivity index (χ3n) is 2.34. The Bertz CT molecular complexity index is 451. The van der Waals surface area contributed by atoms with E-state index in [-0.39, 0.29) is 5.91 Å². The highest BCUT2D eigenvalue weighted by atomic mass is 32.1. The van der Waals surface area contributed by atoms with Gasteiger partial charge in [-0.1, -0.05) is 0 Å². The second-order valence-corrected chi connectivity index (χ2v) is 4.27. The predicted molar refractivity (Wildman–Crippen MR) is 80.6 cm³/mol. The summed E-state index contributed by atoms with van der Waals surface area (Å²) in [7, 11) is 1.65. The highest BCUT2D eigenvalue weighted by Crippen LogP contribution is 2.18. The van der Waals surface area contributed by atoms with E-state index in [0.29, 0.717) is 17.5 Å². The molecule has 0 aliphatic carbocycles. The normalized spacial score (nSPS) is 11.2. The number of thiocarbonyl (C=S) groups is 1. The van der Waals surface area contributed by atoms with Crippen molar-refractivity contribution < 1.29 is 14.3 Å². The summed E-state index contributed by atoms with van der Waals surface area (Å²) in [6.45, 7) is 4.17. The number of rotatable bonds is 5. The Balaban J connectivity index is 2.46. The molecule has 20 heavy (non-hydrogen) atoms. The molecule has 1 aromatic rings. The second kappa shape index (κ2) is 8.21. The van der Waals surface area contributed by atoms with Crippen molar-refractivity contribution in [2.45, 2.75) is 20.0 Å². The van der Waals surface area contributed by atoms with Crippen LogP contribution in [0.4, 0.5) is 0 Å². The number of hydrogen-bond donors (Lipinski definition) is 3. The summed E-state index contributed by atoms with van der Waals surface area (Å²) in [5, 5.41) is 3.00. The molecule has 0 fully saturated rings. The van der Waals surface area contributed by atoms with E-state index in [9.17, 15) is 4.79 Å². The van der Waals surface area contributed by atoms with Crippen molar-refractivity contribution in [1.82, 2.24) is 16.2 Å². The van der Waals surface area contributed by atoms with Gasteiger partial charge in [-0.05, 0) is 50.3 Å². The topological polar surface area (TPSA) is 71.6 Å². The van der Waals surface area contributed by atoms with E-state index in [1.807, 2.05) is 6.92 Å². The maximum Gasteiger partial charge on any atom is 0.279 e. The molecule has 1 aromatic carbocycles. The third kappa shape index (κ3) is 5.31. The molecule has 0 saturated heterocycles. The molecule has 7 heteroatoms. The Hall–Kier alpha value is -2.02. The van der Waals surface area contributed by atoms with Gasteiger partial charge in [-0.3, -0.25) is 15.6 Å². The fourth-order valence-electron chi connectivity index (χ4n) is 1.32. The number of ether oxygens (including phenoxy) is 2. The van der Waals surface area contributed by atoms with E-state index in [4.69, 9.17) is 21.7 Å². The van der Waals surface area contributed by atoms with Crippen molar-refractivity contribution in [1.29, 1.82) is 0 Å². The smallest absolute Gasteiger partial charge is 0.279 e. The number of hydrogen-bond acceptors (Lipinski definition) is 4. The van der Waals surface area contributed by atoms with Gasteiger partial charge in [-0.2, -0.15) is 0 Å². The van der Waals surface area contributed by atoms with Gasteiger partial charge in [0, 0.05) is 7.05 Å². The first kappa shape index (κ1) is 16.0. The monoisotopic (exact) mass is 297 g/mol. The van der Waals surface area contributed by atoms with Crippen LogP contribution in [0, 0.1) is 0 Å². The fraction of sp³-hybridized carbons (Fsp3) is 0.385. The van der Waals surface area contributed by atoms with Crippen LogP contribution in [0.5, 0.6) is 11.5 Å². The lowest BCUT2D eigenvalue weighted by Crippen LogP contribution is -2.49. The number of carbonyl (C=O) groups excluding carboxylic acids is 1. The summed E-state index contributed by atoms with van der Waals surface area (Å²) >= 11 is 4.84. The van der Waals surface area contributed by atoms with Gasteiger partial charge >= 0.3 is 0 Å². The van der Waals surface area contributed by atoms with Gasteiger partial charge in [0.05, 0.1) is 6.61 Å². The molecule has 110 valence electrons. The minimum absolute atomic E-state index is 0.323. The third-order valence-corrected chi connectivity index (χ3v) is 2.65. The molecule has 0 bridgehead atoms. The number of carbonyl (C=O) groups is 1. The molecule has 0 unspecified atom stereocenters. The summed E-state index contributed by atoms with van der Waals surface area (Å²) in [5.74, 6) is 1.03. The summed E-state index contributed by atoms with van der Waals surface area (Å²) in [6.07, 6.45) is -0.653. The molecule has 0 aromatic heterocycles. The molecule has 0 aliphatic rings. The number of hydrazine groups is 1. The first-order chi connectivity index (χ1) is 9.56. The van der Waals surface area contributed by atoms with E-state index < -0.39 is 6.10 Å². The molecule has 1 rings (SSSR count). The highest BCUT2D eigenvalue weighted by Gasteiger charge is 2.14. The van der Waals surface area contributed by atoms with Crippen molar-refractivity contribution in [3.05, 3.63) is 24.3 Å². The number of benzene rings is 1. The van der Waals surface area contributed by atoms with Gasteiger partial charge in [-0.15, -0.1) is 0 Å². The Morgan fingerprint density at radius 3 is 2.40 bits per heavy atom. The van der Waals surface area contributed by atoms with Crippen LogP contribution in [0.15, 0.2) is 24.3 Å². The largest absolute Gasteiger partial charge is 0.494 e. The Morgan fingerprint density at radius 1 is 1.25 bits per heavy atom. The molecule has 1 atom stereocenters. The Labute approximate surface area is 123 Å². The summed E-state index contributed by atoms with van der Waals surface area (Å²) < 4.78 is 10.8. The quantitative estimate of drug-likeness (QED) is 0.556. The van der Waals surface area contributed by atoms with E-state index in [2.05, 4.69) is 16.2 Å². The molecule has 0 radical (unpaired) electrons. The van der Waals surface area contributed by atoms with Gasteiger partial charge < -0.3 is 14.8 Å². The Morgan fingerprint density at radius 2 is 1.85 bits per heavy atom. The minimum atomic E-state index is -0.653. The van der Waals surface area contributed by atoms with Crippen molar-refractivity contribution in [3.8, 4) is 11.5 Å². The summed E-state index contributed by atoms with van der Waals surface area (Å²) in [4.78, 5) is 11.7. The van der Waals surface area contributed by atoms with Crippen LogP contribution in [-0.4, -0.2) is 30.8 Å². The van der Waals surface area contributed by atoms with Crippen molar-refractivity contribution in [2.24, 2.45) is 0 Å². The van der Waals surface area contributed by atoms with E-state index in [1.165, 1.54) is 0 Å². The summed E-state index contributed by atoms with van der Waals surface area (Å²) in [6, 6.07) is 7.08. The van der Waals surface area contributed by atoms with Crippen LogP contribution in [0.25, 0.3) is 0 Å². The zero-order valence-corrected chi connectivity index (χ0v) is 12.5. The van der Waals surface area contributed by atoms with Crippen molar-refractivity contribution in [3.63, 3.8) is 0 Å². The second-order valence-electron chi connectivity index (χ2n) is 3.86. The van der Waals surface area contributed by atoms with Gasteiger partial charge in [0.2, 0.25) is 0 Å². The van der Waals surface area contributed by atoms with Gasteiger partial charge in [0.15, 0.2) is 11.2 Å². The van der Waals surface area contributed by atoms with E-state index in [1.54, 1.807) is 38.2 Å². The van der Waals surface area contributed by atoms with Gasteiger partial charge in [0.1, 0.15) is 11.5 Å². The standard InChI is InChI=1S/C13H19N3O3S/c1-4-18-10-5-7-11(8-6-10)19-9(2)12(17)15-16-13(20)14-3/h5-9H,4H2,1-3H3,(H,15,17)(H2,14,16,20)/t9-/m0/s1. The zero-order chi connectivity index (χ0) is 15.0. The average molecular weight is 297 g/mol. The maximum atomic E-state index is 11.7. The summed E-state index contributed by atoms with van der Waals surface area (Å²) in [5.41, 5.74) is 4.99. The van der Waals surface area contributed by atoms with Crippen LogP contribution in [-0.2, 0) is 4.79 Å². The van der Waals surface area contributed by atoms with Crippen molar-refractivity contribution in [2.75, 3.05) is 13.7 Å². The molecular formula is C13H19N3O3S. The average Bonchev–Trinajstić information content (AvgIpc) is 2.46. The molecular weight excluding hydrogens is 278 g/mol.